The van der Waals surface area contributed by atoms with Crippen LogP contribution < -0.4 is 15.8 Å². The maximum absolute atomic E-state index is 15.2. The van der Waals surface area contributed by atoms with Gasteiger partial charge in [-0.05, 0) is 37.9 Å². The van der Waals surface area contributed by atoms with Gasteiger partial charge in [-0.1, -0.05) is 25.7 Å². The zero-order chi connectivity index (χ0) is 23.3. The summed E-state index contributed by atoms with van der Waals surface area (Å²) in [6.07, 6.45) is 5.00. The maximum atomic E-state index is 15.2. The van der Waals surface area contributed by atoms with Crippen molar-refractivity contribution in [1.29, 1.82) is 0 Å². The minimum Gasteiger partial charge on any atom is -0.349 e. The number of aromatic nitrogens is 2. The number of rotatable bonds is 9. The number of nitrogens with one attached hydrogen (secondary N) is 2. The highest BCUT2D eigenvalue weighted by Gasteiger charge is 2.29. The van der Waals surface area contributed by atoms with Crippen LogP contribution in [0.5, 0.6) is 0 Å². The number of carbonyl (C=O) groups is 2. The van der Waals surface area contributed by atoms with Gasteiger partial charge in [0.1, 0.15) is 0 Å². The molecule has 2 amide bonds. The highest BCUT2D eigenvalue weighted by molar-refractivity contribution is 6.28. The first kappa shape index (κ1) is 24.4. The van der Waals surface area contributed by atoms with Crippen molar-refractivity contribution in [3.8, 4) is 0 Å². The SMILES string of the molecule is C[C@@H]1CN(C)CCN1c1nc(Cl)nc(NNC(=O)[C@H](CC2CCCC2)CN(O)C=O)c1F. The van der Waals surface area contributed by atoms with Crippen molar-refractivity contribution in [2.24, 2.45) is 11.8 Å². The second-order valence-corrected chi connectivity index (χ2v) is 9.05. The van der Waals surface area contributed by atoms with E-state index in [4.69, 9.17) is 11.6 Å². The molecule has 0 spiro atoms. The quantitative estimate of drug-likeness (QED) is 0.216. The fourth-order valence-electron chi connectivity index (χ4n) is 4.54. The lowest BCUT2D eigenvalue weighted by Crippen LogP contribution is -2.51. The van der Waals surface area contributed by atoms with Gasteiger partial charge in [0.25, 0.3) is 0 Å². The lowest BCUT2D eigenvalue weighted by molar-refractivity contribution is -0.154. The summed E-state index contributed by atoms with van der Waals surface area (Å²) in [7, 11) is 2.00. The fourth-order valence-corrected chi connectivity index (χ4v) is 4.71. The number of nitrogens with zero attached hydrogens (tertiary/aromatic N) is 5. The van der Waals surface area contributed by atoms with E-state index in [1.807, 2.05) is 18.9 Å². The van der Waals surface area contributed by atoms with Crippen LogP contribution >= 0.6 is 11.6 Å². The van der Waals surface area contributed by atoms with E-state index >= 15 is 4.39 Å². The smallest absolute Gasteiger partial charge is 0.243 e. The summed E-state index contributed by atoms with van der Waals surface area (Å²) < 4.78 is 15.2. The molecule has 1 aliphatic carbocycles. The number of carbonyl (C=O) groups excluding carboxylic acids is 2. The summed E-state index contributed by atoms with van der Waals surface area (Å²) in [5.74, 6) is -1.65. The van der Waals surface area contributed by atoms with Crippen LogP contribution in [0.1, 0.15) is 39.0 Å². The van der Waals surface area contributed by atoms with Gasteiger partial charge in [-0.2, -0.15) is 14.4 Å². The Morgan fingerprint density at radius 3 is 2.75 bits per heavy atom. The van der Waals surface area contributed by atoms with Crippen LogP contribution in [-0.4, -0.2) is 76.7 Å². The minimum absolute atomic E-state index is 0.0197. The van der Waals surface area contributed by atoms with E-state index in [9.17, 15) is 14.8 Å². The Bertz CT molecular complexity index is 812. The molecule has 1 saturated heterocycles. The normalized spacial score (nSPS) is 20.8. The lowest BCUT2D eigenvalue weighted by atomic mass is 9.92. The Hall–Kier alpha value is -2.24. The predicted molar refractivity (Wildman–Crippen MR) is 118 cm³/mol. The molecule has 2 heterocycles. The molecule has 12 heteroatoms. The Kier molecular flexibility index (Phi) is 8.44. The first-order valence-corrected chi connectivity index (χ1v) is 11.3. The number of anilines is 2. The zero-order valence-electron chi connectivity index (χ0n) is 18.4. The molecule has 178 valence electrons. The molecule has 1 aromatic rings. The van der Waals surface area contributed by atoms with E-state index in [-0.39, 0.29) is 35.9 Å². The van der Waals surface area contributed by atoms with Gasteiger partial charge >= 0.3 is 0 Å². The Morgan fingerprint density at radius 1 is 1.38 bits per heavy atom. The van der Waals surface area contributed by atoms with Crippen LogP contribution in [0.15, 0.2) is 0 Å². The van der Waals surface area contributed by atoms with Crippen molar-refractivity contribution in [2.75, 3.05) is 43.6 Å². The number of hydrogen-bond donors (Lipinski definition) is 3. The Morgan fingerprint density at radius 2 is 2.09 bits per heavy atom. The predicted octanol–water partition coefficient (Wildman–Crippen LogP) is 1.90. The molecule has 2 aliphatic rings. The van der Waals surface area contributed by atoms with Crippen molar-refractivity contribution in [3.63, 3.8) is 0 Å². The second kappa shape index (κ2) is 11.1. The summed E-state index contributed by atoms with van der Waals surface area (Å²) in [6.45, 7) is 3.90. The van der Waals surface area contributed by atoms with Crippen molar-refractivity contribution < 1.29 is 19.2 Å². The van der Waals surface area contributed by atoms with Crippen LogP contribution in [0, 0.1) is 17.7 Å². The molecule has 2 atom stereocenters. The molecule has 3 rings (SSSR count). The van der Waals surface area contributed by atoms with Gasteiger partial charge in [-0.25, -0.2) is 5.06 Å². The van der Waals surface area contributed by atoms with E-state index in [0.717, 1.165) is 38.8 Å². The molecule has 1 saturated carbocycles. The van der Waals surface area contributed by atoms with E-state index in [1.165, 1.54) is 0 Å². The minimum atomic E-state index is -0.713. The van der Waals surface area contributed by atoms with E-state index < -0.39 is 17.6 Å². The highest BCUT2D eigenvalue weighted by atomic mass is 35.5. The fraction of sp³-hybridized carbons (Fsp3) is 0.700. The van der Waals surface area contributed by atoms with Gasteiger partial charge in [0.05, 0.1) is 12.5 Å². The molecule has 2 fully saturated rings. The van der Waals surface area contributed by atoms with Crippen molar-refractivity contribution in [3.05, 3.63) is 11.1 Å². The maximum Gasteiger partial charge on any atom is 0.243 e. The summed E-state index contributed by atoms with van der Waals surface area (Å²) in [5, 5.41) is 9.91. The number of amides is 2. The molecular formula is C20H31ClFN7O3. The van der Waals surface area contributed by atoms with E-state index in [0.29, 0.717) is 23.9 Å². The lowest BCUT2D eigenvalue weighted by Gasteiger charge is -2.39. The van der Waals surface area contributed by atoms with E-state index in [2.05, 4.69) is 25.7 Å². The summed E-state index contributed by atoms with van der Waals surface area (Å²) in [6, 6.07) is 0.0197. The molecule has 0 radical (unpaired) electrons. The van der Waals surface area contributed by atoms with Gasteiger partial charge in [-0.15, -0.1) is 0 Å². The molecule has 0 bridgehead atoms. The van der Waals surface area contributed by atoms with Gasteiger partial charge in [0.2, 0.25) is 23.4 Å². The summed E-state index contributed by atoms with van der Waals surface area (Å²) in [4.78, 5) is 35.5. The molecule has 1 aromatic heterocycles. The van der Waals surface area contributed by atoms with Gasteiger partial charge in [-0.3, -0.25) is 25.6 Å². The highest BCUT2D eigenvalue weighted by Crippen LogP contribution is 2.31. The molecule has 10 nitrogen and oxygen atoms in total. The first-order valence-electron chi connectivity index (χ1n) is 10.9. The molecule has 1 aliphatic heterocycles. The van der Waals surface area contributed by atoms with Crippen LogP contribution in [0.3, 0.4) is 0 Å². The second-order valence-electron chi connectivity index (χ2n) is 8.71. The molecule has 0 unspecified atom stereocenters. The van der Waals surface area contributed by atoms with E-state index in [1.54, 1.807) is 0 Å². The number of likely N-dealkylation sites (N-methyl/N-ethyl adjacent to an activating group) is 1. The molecule has 3 N–H and O–H groups in total. The third kappa shape index (κ3) is 6.17. The average Bonchev–Trinajstić information content (AvgIpc) is 3.26. The molecular weight excluding hydrogens is 441 g/mol. The largest absolute Gasteiger partial charge is 0.349 e. The third-order valence-electron chi connectivity index (χ3n) is 6.21. The molecule has 32 heavy (non-hydrogen) atoms. The average molecular weight is 472 g/mol. The third-order valence-corrected chi connectivity index (χ3v) is 6.37. The number of halogens is 2. The van der Waals surface area contributed by atoms with Gasteiger partial charge in [0, 0.05) is 25.7 Å². The van der Waals surface area contributed by atoms with Crippen LogP contribution in [-0.2, 0) is 9.59 Å². The first-order chi connectivity index (χ1) is 15.3. The number of hydroxylamine groups is 2. The van der Waals surface area contributed by atoms with Gasteiger partial charge in [0.15, 0.2) is 11.6 Å². The number of piperazine rings is 1. The summed E-state index contributed by atoms with van der Waals surface area (Å²) in [5.41, 5.74) is 4.98. The summed E-state index contributed by atoms with van der Waals surface area (Å²) >= 11 is 6.04. The number of hydrazine groups is 1. The number of hydrogen-bond acceptors (Lipinski definition) is 8. The van der Waals surface area contributed by atoms with Gasteiger partial charge < -0.3 is 9.80 Å². The van der Waals surface area contributed by atoms with Crippen LogP contribution in [0.25, 0.3) is 0 Å². The molecule has 0 aromatic carbocycles. The van der Waals surface area contributed by atoms with Crippen molar-refractivity contribution in [2.45, 2.75) is 45.1 Å². The standard InChI is InChI=1S/C20H31ClFN7O3/c1-13-10-27(2)7-8-29(13)18-16(22)17(23-20(21)24-18)25-26-19(31)15(11-28(32)12-30)9-14-5-3-4-6-14/h12-15,32H,3-11H2,1-2H3,(H,26,31)(H,23,24,25)/t13-,15-/m1/s1. The Balaban J connectivity index is 1.70. The van der Waals surface area contributed by atoms with Crippen LogP contribution in [0.2, 0.25) is 5.28 Å². The Labute approximate surface area is 192 Å². The zero-order valence-corrected chi connectivity index (χ0v) is 19.2. The van der Waals surface area contributed by atoms with Crippen molar-refractivity contribution >= 4 is 35.6 Å². The monoisotopic (exact) mass is 471 g/mol. The van der Waals surface area contributed by atoms with Crippen LogP contribution in [0.4, 0.5) is 16.0 Å². The van der Waals surface area contributed by atoms with Crippen molar-refractivity contribution in [1.82, 2.24) is 25.4 Å². The topological polar surface area (TPSA) is 114 Å².